The smallest absolute Gasteiger partial charge is 0.251 e. The molecule has 7 aliphatic heterocycles. The Labute approximate surface area is 558 Å². The van der Waals surface area contributed by atoms with Crippen molar-refractivity contribution in [2.45, 2.75) is 165 Å². The van der Waals surface area contributed by atoms with Crippen molar-refractivity contribution in [3.8, 4) is 22.8 Å². The van der Waals surface area contributed by atoms with Gasteiger partial charge < -0.3 is 50.7 Å². The van der Waals surface area contributed by atoms with Gasteiger partial charge >= 0.3 is 0 Å². The van der Waals surface area contributed by atoms with Gasteiger partial charge in [-0.3, -0.25) is 67.9 Å². The molecule has 506 valence electrons. The average Bonchev–Trinajstić information content (AvgIpc) is 1.70. The van der Waals surface area contributed by atoms with Crippen LogP contribution in [0.2, 0.25) is 0 Å². The van der Waals surface area contributed by atoms with Gasteiger partial charge in [-0.25, -0.2) is 9.36 Å². The first-order valence-electron chi connectivity index (χ1n) is 33.4. The number of aromatic nitrogens is 10. The third-order valence-corrected chi connectivity index (χ3v) is 20.1. The monoisotopic (exact) mass is 1320 g/mol. The van der Waals surface area contributed by atoms with Gasteiger partial charge in [0.15, 0.2) is 0 Å². The van der Waals surface area contributed by atoms with Gasteiger partial charge in [0.1, 0.15) is 53.7 Å². The van der Waals surface area contributed by atoms with Crippen LogP contribution in [0.25, 0.3) is 22.8 Å². The SMILES string of the molecule is CC(=O)N1C[C@@H](n2cc(CNC(=O)c3ccnc(-c4cc(C)ccn4)c3)nn2)C[C@H]1C(=O)N1CCC[C@H]1C(=O)N1CCC[C@H]1C(=O)N1CCC[C@H]1C(=O)N1CCC[C@H]1C(=O)N1CCC[C@H]1C(=O)N1C[C@@H](n2cc(CNC(=O)c3ccnc(-c4cc(C)ccn4)c3)nn2)C[C@H]1C(N)=O. The lowest BCUT2D eigenvalue weighted by Gasteiger charge is -2.37. The fraction of sp³-hybridized carbons (Fsp3) is 0.493. The maximum absolute atomic E-state index is 14.9. The zero-order chi connectivity index (χ0) is 67.8. The summed E-state index contributed by atoms with van der Waals surface area (Å²) in [4.78, 5) is 170. The third kappa shape index (κ3) is 13.4. The lowest BCUT2D eigenvalue weighted by atomic mass is 10.1. The van der Waals surface area contributed by atoms with E-state index in [1.165, 1.54) is 21.6 Å². The highest BCUT2D eigenvalue weighted by atomic mass is 16.2. The molecule has 7 saturated heterocycles. The molecule has 0 unspecified atom stereocenters. The van der Waals surface area contributed by atoms with E-state index in [2.05, 4.69) is 51.2 Å². The zero-order valence-corrected chi connectivity index (χ0v) is 54.4. The first-order chi connectivity index (χ1) is 46.9. The van der Waals surface area contributed by atoms with Gasteiger partial charge in [-0.05, 0) is 138 Å². The molecule has 0 spiro atoms. The number of hydrogen-bond donors (Lipinski definition) is 3. The summed E-state index contributed by atoms with van der Waals surface area (Å²) >= 11 is 0. The minimum absolute atomic E-state index is 0.0361. The van der Waals surface area contributed by atoms with Crippen molar-refractivity contribution in [3.05, 3.63) is 119 Å². The lowest BCUT2D eigenvalue weighted by Crippen LogP contribution is -2.59. The quantitative estimate of drug-likeness (QED) is 0.117. The van der Waals surface area contributed by atoms with Crippen molar-refractivity contribution in [3.63, 3.8) is 0 Å². The summed E-state index contributed by atoms with van der Waals surface area (Å²) in [6.07, 6.45) is 14.5. The molecule has 97 heavy (non-hydrogen) atoms. The minimum Gasteiger partial charge on any atom is -0.368 e. The molecule has 30 nitrogen and oxygen atoms in total. The maximum Gasteiger partial charge on any atom is 0.251 e. The molecule has 30 heteroatoms. The Kier molecular flexibility index (Phi) is 18.7. The Bertz CT molecular complexity index is 3830. The molecule has 0 radical (unpaired) electrons. The van der Waals surface area contributed by atoms with E-state index >= 15 is 0 Å². The third-order valence-electron chi connectivity index (χ3n) is 20.1. The van der Waals surface area contributed by atoms with Crippen LogP contribution in [0.4, 0.5) is 0 Å². The number of hydrogen-bond acceptors (Lipinski definition) is 18. The van der Waals surface area contributed by atoms with Crippen molar-refractivity contribution >= 4 is 59.1 Å². The summed E-state index contributed by atoms with van der Waals surface area (Å²) in [5, 5.41) is 22.9. The van der Waals surface area contributed by atoms with Crippen LogP contribution < -0.4 is 16.4 Å². The minimum atomic E-state index is -1.01. The first kappa shape index (κ1) is 65.3. The van der Waals surface area contributed by atoms with Crippen LogP contribution in [-0.2, 0) is 51.4 Å². The number of aryl methyl sites for hydroxylation is 2. The second-order valence-corrected chi connectivity index (χ2v) is 26.4. The number of nitrogens with one attached hydrogen (secondary N) is 2. The van der Waals surface area contributed by atoms with E-state index in [1.807, 2.05) is 38.1 Å². The van der Waals surface area contributed by atoms with Gasteiger partial charge in [0.25, 0.3) is 11.8 Å². The Balaban J connectivity index is 0.609. The van der Waals surface area contributed by atoms with Crippen LogP contribution in [-0.4, -0.2) is 231 Å². The molecule has 0 aromatic carbocycles. The molecule has 4 N–H and O–H groups in total. The highest BCUT2D eigenvalue weighted by Gasteiger charge is 2.52. The van der Waals surface area contributed by atoms with E-state index in [-0.39, 0.29) is 119 Å². The average molecular weight is 1320 g/mol. The van der Waals surface area contributed by atoms with E-state index < -0.39 is 66.2 Å². The summed E-state index contributed by atoms with van der Waals surface area (Å²) in [6.45, 7) is 6.94. The number of primary amides is 1. The highest BCUT2D eigenvalue weighted by Crippen LogP contribution is 2.36. The van der Waals surface area contributed by atoms with Gasteiger partial charge in [-0.1, -0.05) is 10.4 Å². The molecule has 0 bridgehead atoms. The molecule has 13 rings (SSSR count). The van der Waals surface area contributed by atoms with E-state index in [0.29, 0.717) is 109 Å². The number of likely N-dealkylation sites (tertiary alicyclic amines) is 7. The van der Waals surface area contributed by atoms with E-state index in [1.54, 1.807) is 90.4 Å². The topological polar surface area (TPSA) is 356 Å². The first-order valence-corrected chi connectivity index (χ1v) is 33.4. The fourth-order valence-electron chi connectivity index (χ4n) is 15.2. The predicted molar refractivity (Wildman–Crippen MR) is 344 cm³/mol. The van der Waals surface area contributed by atoms with Crippen molar-refractivity contribution < 1.29 is 47.9 Å². The molecule has 7 aliphatic rings. The summed E-state index contributed by atoms with van der Waals surface area (Å²) in [5.41, 5.74) is 12.0. The molecule has 7 fully saturated rings. The van der Waals surface area contributed by atoms with Crippen LogP contribution in [0.5, 0.6) is 0 Å². The number of pyridine rings is 4. The molecular weight excluding hydrogens is 1240 g/mol. The van der Waals surface area contributed by atoms with Crippen LogP contribution in [0.1, 0.15) is 139 Å². The fourth-order valence-corrected chi connectivity index (χ4v) is 15.2. The summed E-state index contributed by atoms with van der Waals surface area (Å²) in [5.74, 6) is -4.05. The number of rotatable bonds is 17. The second kappa shape index (κ2) is 27.7. The van der Waals surface area contributed by atoms with Crippen molar-refractivity contribution in [1.82, 2.24) is 94.9 Å². The summed E-state index contributed by atoms with van der Waals surface area (Å²) in [7, 11) is 0. The van der Waals surface area contributed by atoms with Gasteiger partial charge in [-0.15, -0.1) is 10.2 Å². The number of nitrogens with zero attached hydrogens (tertiary/aromatic N) is 17. The number of nitrogens with two attached hydrogens (primary N) is 1. The van der Waals surface area contributed by atoms with Crippen LogP contribution in [0.15, 0.2) is 85.7 Å². The molecule has 0 aliphatic carbocycles. The van der Waals surface area contributed by atoms with Gasteiger partial charge in [0, 0.05) is 101 Å². The predicted octanol–water partition coefficient (Wildman–Crippen LogP) is 1.70. The molecule has 9 atom stereocenters. The Morgan fingerprint density at radius 1 is 0.433 bits per heavy atom. The number of carbonyl (C=O) groups is 10. The van der Waals surface area contributed by atoms with Crippen LogP contribution in [0.3, 0.4) is 0 Å². The van der Waals surface area contributed by atoms with E-state index in [0.717, 1.165) is 11.1 Å². The van der Waals surface area contributed by atoms with Crippen molar-refractivity contribution in [2.75, 3.05) is 45.8 Å². The molecule has 10 amide bonds. The number of amides is 10. The Morgan fingerprint density at radius 3 is 1.12 bits per heavy atom. The molecule has 6 aromatic heterocycles. The van der Waals surface area contributed by atoms with E-state index in [4.69, 9.17) is 5.73 Å². The molecule has 6 aromatic rings. The van der Waals surface area contributed by atoms with Crippen LogP contribution >= 0.6 is 0 Å². The Hall–Kier alpha value is -10.4. The normalized spacial score (nSPS) is 23.9. The van der Waals surface area contributed by atoms with Crippen LogP contribution in [0, 0.1) is 13.8 Å². The lowest BCUT2D eigenvalue weighted by molar-refractivity contribution is -0.155. The largest absolute Gasteiger partial charge is 0.368 e. The Morgan fingerprint density at radius 2 is 0.763 bits per heavy atom. The molecule has 0 saturated carbocycles. The summed E-state index contributed by atoms with van der Waals surface area (Å²) in [6, 6.07) is 6.71. The van der Waals surface area contributed by atoms with Gasteiger partial charge in [0.2, 0.25) is 47.3 Å². The molecule has 13 heterocycles. The second-order valence-electron chi connectivity index (χ2n) is 26.4. The van der Waals surface area contributed by atoms with Crippen molar-refractivity contribution in [1.29, 1.82) is 0 Å². The van der Waals surface area contributed by atoms with Crippen molar-refractivity contribution in [2.24, 2.45) is 5.73 Å². The van der Waals surface area contributed by atoms with E-state index in [9.17, 15) is 47.9 Å². The maximum atomic E-state index is 14.9. The molecular formula is C67H78N20O10. The van der Waals surface area contributed by atoms with Gasteiger partial charge in [-0.2, -0.15) is 0 Å². The standard InChI is InChI=1S/C67H78N20O10/c1-39-14-18-69-48(27-39)50-29-42(16-20-71-50)60(90)73-33-44-35-86(77-75-44)46-31-57(59(68)89)85(38-46)66(96)56-13-8-25-82(56)64(94)54-11-6-23-80(54)62(92)52-9-4-22-79(52)63(93)53-10-5-24-81(53)65(95)55-12-7-26-83(55)67(97)58-32-47(37-84(58)41(3)88)87-36-45(76-78-87)34-74-61(91)43-17-21-72-51(30-43)49-28-40(2)15-19-70-49/h14-21,27-30,35-36,46-47,52-58H,4-13,22-26,31-34,37-38H2,1-3H3,(H2,68,89)(H,73,90)(H,74,91)/t46-,47-,52-,53-,54-,55-,56-,57-,58-/m0/s1. The summed E-state index contributed by atoms with van der Waals surface area (Å²) < 4.78 is 3.15. The zero-order valence-electron chi connectivity index (χ0n) is 54.4. The number of carbonyl (C=O) groups excluding carboxylic acids is 10. The highest BCUT2D eigenvalue weighted by molar-refractivity contribution is 5.99. The van der Waals surface area contributed by atoms with Gasteiger partial charge in [0.05, 0.1) is 60.3 Å².